The van der Waals surface area contributed by atoms with E-state index >= 15 is 0 Å². The van der Waals surface area contributed by atoms with E-state index < -0.39 is 12.5 Å². The van der Waals surface area contributed by atoms with E-state index in [9.17, 15) is 8.78 Å². The largest absolute Gasteiger partial charge is 0.390 e. The minimum atomic E-state index is -3.28. The van der Waals surface area contributed by atoms with Crippen molar-refractivity contribution in [2.45, 2.75) is 5.92 Å². The SMILES string of the molecule is OCC(F)(F)c1cc(-c2ccccc2)n[nH]1. The fourth-order valence-electron chi connectivity index (χ4n) is 1.35. The van der Waals surface area contributed by atoms with Crippen LogP contribution >= 0.6 is 0 Å². The molecule has 1 heterocycles. The molecule has 0 aliphatic heterocycles. The zero-order chi connectivity index (χ0) is 11.6. The molecule has 0 radical (unpaired) electrons. The van der Waals surface area contributed by atoms with Gasteiger partial charge in [0.1, 0.15) is 12.3 Å². The van der Waals surface area contributed by atoms with Gasteiger partial charge in [0.15, 0.2) is 0 Å². The van der Waals surface area contributed by atoms with Crippen molar-refractivity contribution >= 4 is 0 Å². The predicted octanol–water partition coefficient (Wildman–Crippen LogP) is 2.16. The highest BCUT2D eigenvalue weighted by molar-refractivity contribution is 5.59. The lowest BCUT2D eigenvalue weighted by atomic mass is 10.1. The van der Waals surface area contributed by atoms with Crippen LogP contribution in [0.3, 0.4) is 0 Å². The van der Waals surface area contributed by atoms with Crippen LogP contribution in [0.5, 0.6) is 0 Å². The lowest BCUT2D eigenvalue weighted by Crippen LogP contribution is -2.18. The molecule has 1 aromatic heterocycles. The number of hydrogen-bond donors (Lipinski definition) is 2. The Morgan fingerprint density at radius 1 is 1.25 bits per heavy atom. The third-order valence-electron chi connectivity index (χ3n) is 2.24. The first-order chi connectivity index (χ1) is 7.63. The lowest BCUT2D eigenvalue weighted by molar-refractivity contribution is -0.0592. The molecule has 2 N–H and O–H groups in total. The Hall–Kier alpha value is -1.75. The third-order valence-corrected chi connectivity index (χ3v) is 2.24. The summed E-state index contributed by atoms with van der Waals surface area (Å²) in [6, 6.07) is 10.2. The van der Waals surface area contributed by atoms with Gasteiger partial charge in [-0.3, -0.25) is 5.10 Å². The molecule has 0 saturated heterocycles. The molecular formula is C11H10F2N2O. The molecule has 84 valence electrons. The fourth-order valence-corrected chi connectivity index (χ4v) is 1.35. The van der Waals surface area contributed by atoms with Crippen LogP contribution in [0.2, 0.25) is 0 Å². The molecule has 0 atom stereocenters. The highest BCUT2D eigenvalue weighted by Crippen LogP contribution is 2.28. The third kappa shape index (κ3) is 1.94. The first-order valence-electron chi connectivity index (χ1n) is 4.73. The minimum Gasteiger partial charge on any atom is -0.390 e. The maximum absolute atomic E-state index is 13.1. The lowest BCUT2D eigenvalue weighted by Gasteiger charge is -2.09. The number of rotatable bonds is 3. The van der Waals surface area contributed by atoms with Gasteiger partial charge in [0.2, 0.25) is 0 Å². The molecule has 2 aromatic rings. The maximum Gasteiger partial charge on any atom is 0.311 e. The standard InChI is InChI=1S/C11H10F2N2O/c12-11(13,7-16)10-6-9(14-15-10)8-4-2-1-3-5-8/h1-6,16H,7H2,(H,14,15). The van der Waals surface area contributed by atoms with Crippen LogP contribution in [0.4, 0.5) is 8.78 Å². The summed E-state index contributed by atoms with van der Waals surface area (Å²) in [4.78, 5) is 0. The molecule has 0 aliphatic carbocycles. The van der Waals surface area contributed by atoms with Crippen molar-refractivity contribution in [2.24, 2.45) is 0 Å². The predicted molar refractivity (Wildman–Crippen MR) is 55.0 cm³/mol. The summed E-state index contributed by atoms with van der Waals surface area (Å²) < 4.78 is 26.2. The van der Waals surface area contributed by atoms with Crippen LogP contribution in [0, 0.1) is 0 Å². The Balaban J connectivity index is 2.34. The highest BCUT2D eigenvalue weighted by atomic mass is 19.3. The van der Waals surface area contributed by atoms with Crippen LogP contribution in [0.25, 0.3) is 11.3 Å². The second-order valence-corrected chi connectivity index (χ2v) is 3.40. The number of alkyl halides is 2. The minimum absolute atomic E-state index is 0.381. The van der Waals surface area contributed by atoms with Crippen molar-refractivity contribution in [1.29, 1.82) is 0 Å². The number of benzene rings is 1. The molecule has 2 rings (SSSR count). The molecule has 3 nitrogen and oxygen atoms in total. The zero-order valence-electron chi connectivity index (χ0n) is 8.32. The van der Waals surface area contributed by atoms with E-state index in [1.165, 1.54) is 6.07 Å². The van der Waals surface area contributed by atoms with E-state index in [-0.39, 0.29) is 5.69 Å². The van der Waals surface area contributed by atoms with Crippen LogP contribution in [0.15, 0.2) is 36.4 Å². The molecule has 1 aromatic carbocycles. The number of halogens is 2. The van der Waals surface area contributed by atoms with Crippen molar-refractivity contribution in [3.8, 4) is 11.3 Å². The summed E-state index contributed by atoms with van der Waals surface area (Å²) >= 11 is 0. The first-order valence-corrected chi connectivity index (χ1v) is 4.73. The Bertz CT molecular complexity index is 468. The first kappa shape index (κ1) is 10.8. The summed E-state index contributed by atoms with van der Waals surface area (Å²) in [5.41, 5.74) is 0.802. The van der Waals surface area contributed by atoms with Gasteiger partial charge in [-0.2, -0.15) is 13.9 Å². The quantitative estimate of drug-likeness (QED) is 0.839. The van der Waals surface area contributed by atoms with Crippen molar-refractivity contribution in [2.75, 3.05) is 6.61 Å². The van der Waals surface area contributed by atoms with Crippen molar-refractivity contribution in [3.05, 3.63) is 42.1 Å². The second kappa shape index (κ2) is 4.02. The number of aliphatic hydroxyl groups is 1. The molecule has 0 bridgehead atoms. The molecule has 5 heteroatoms. The molecule has 0 saturated carbocycles. The average Bonchev–Trinajstić information content (AvgIpc) is 2.80. The number of aromatic amines is 1. The topological polar surface area (TPSA) is 48.9 Å². The van der Waals surface area contributed by atoms with Crippen LogP contribution in [-0.4, -0.2) is 21.9 Å². The Morgan fingerprint density at radius 3 is 2.56 bits per heavy atom. The molecule has 0 unspecified atom stereocenters. The fraction of sp³-hybridized carbons (Fsp3) is 0.182. The number of hydrogen-bond acceptors (Lipinski definition) is 2. The smallest absolute Gasteiger partial charge is 0.311 e. The van der Waals surface area contributed by atoms with Gasteiger partial charge in [0.25, 0.3) is 0 Å². The Labute approximate surface area is 90.7 Å². The van der Waals surface area contributed by atoms with Gasteiger partial charge in [0.05, 0.1) is 5.69 Å². The van der Waals surface area contributed by atoms with Crippen LogP contribution in [0.1, 0.15) is 5.69 Å². The van der Waals surface area contributed by atoms with Gasteiger partial charge < -0.3 is 5.11 Å². The summed E-state index contributed by atoms with van der Waals surface area (Å²) in [6.07, 6.45) is 0. The van der Waals surface area contributed by atoms with E-state index in [1.807, 2.05) is 6.07 Å². The molecule has 0 fully saturated rings. The Morgan fingerprint density at radius 2 is 1.94 bits per heavy atom. The zero-order valence-corrected chi connectivity index (χ0v) is 8.32. The molecule has 0 spiro atoms. The van der Waals surface area contributed by atoms with Gasteiger partial charge in [-0.15, -0.1) is 0 Å². The number of aromatic nitrogens is 2. The molecule has 0 aliphatic rings. The van der Waals surface area contributed by atoms with Crippen molar-refractivity contribution < 1.29 is 13.9 Å². The molecule has 16 heavy (non-hydrogen) atoms. The van der Waals surface area contributed by atoms with E-state index in [0.717, 1.165) is 5.56 Å². The summed E-state index contributed by atoms with van der Waals surface area (Å²) in [5.74, 6) is -3.28. The molecular weight excluding hydrogens is 214 g/mol. The van der Waals surface area contributed by atoms with Crippen LogP contribution in [-0.2, 0) is 5.92 Å². The molecule has 0 amide bonds. The van der Waals surface area contributed by atoms with Crippen molar-refractivity contribution in [3.63, 3.8) is 0 Å². The van der Waals surface area contributed by atoms with E-state index in [0.29, 0.717) is 5.69 Å². The van der Waals surface area contributed by atoms with Gasteiger partial charge in [-0.25, -0.2) is 0 Å². The van der Waals surface area contributed by atoms with Crippen molar-refractivity contribution in [1.82, 2.24) is 10.2 Å². The van der Waals surface area contributed by atoms with E-state index in [1.54, 1.807) is 24.3 Å². The average molecular weight is 224 g/mol. The number of H-pyrrole nitrogens is 1. The summed E-state index contributed by atoms with van der Waals surface area (Å²) in [6.45, 7) is -1.23. The van der Waals surface area contributed by atoms with Gasteiger partial charge in [-0.1, -0.05) is 30.3 Å². The Kier molecular flexibility index (Phi) is 2.70. The van der Waals surface area contributed by atoms with E-state index in [4.69, 9.17) is 5.11 Å². The van der Waals surface area contributed by atoms with Gasteiger partial charge in [0, 0.05) is 5.56 Å². The van der Waals surface area contributed by atoms with Gasteiger partial charge >= 0.3 is 5.92 Å². The second-order valence-electron chi connectivity index (χ2n) is 3.40. The monoisotopic (exact) mass is 224 g/mol. The summed E-state index contributed by atoms with van der Waals surface area (Å²) in [7, 11) is 0. The van der Waals surface area contributed by atoms with Gasteiger partial charge in [-0.05, 0) is 6.07 Å². The van der Waals surface area contributed by atoms with Crippen LogP contribution < -0.4 is 0 Å². The highest BCUT2D eigenvalue weighted by Gasteiger charge is 2.32. The summed E-state index contributed by atoms with van der Waals surface area (Å²) in [5, 5.41) is 14.5. The van der Waals surface area contributed by atoms with E-state index in [2.05, 4.69) is 10.2 Å². The number of nitrogens with one attached hydrogen (secondary N) is 1. The number of aliphatic hydroxyl groups excluding tert-OH is 1. The number of nitrogens with zero attached hydrogens (tertiary/aromatic N) is 1. The maximum atomic E-state index is 13.1. The normalized spacial score (nSPS) is 11.7.